The Bertz CT molecular complexity index is 1090. The van der Waals surface area contributed by atoms with Crippen LogP contribution in [0, 0.1) is 12.8 Å². The van der Waals surface area contributed by atoms with Crippen molar-refractivity contribution in [1.82, 2.24) is 14.0 Å². The molecule has 1 aromatic carbocycles. The smallest absolute Gasteiger partial charge is 0.335 e. The Balaban J connectivity index is 1.67. The standard InChI is InChI=1S/C23H29N3O5/c1-5-23-11-18(27)24(4)19(16(23)3)21(31-23)25-12-15(2)20(28)26(22(25)29)14-30-13-17-9-7-6-8-10-17/h6-10,12,16,19,21H,5,11,13-14H2,1-4H3/t16?,19-,21-,23+/m1/s1. The monoisotopic (exact) mass is 427 g/mol. The molecule has 31 heavy (non-hydrogen) atoms. The molecule has 2 bridgehead atoms. The second kappa shape index (κ2) is 8.09. The predicted molar refractivity (Wildman–Crippen MR) is 114 cm³/mol. The number of hydrogen-bond donors (Lipinski definition) is 0. The third-order valence-electron chi connectivity index (χ3n) is 6.85. The SMILES string of the molecule is CC[C@]12CC(=O)N(C)[C@H](C1C)[C@H](n1cc(C)c(=O)n(COCc3ccccc3)c1=O)O2. The number of likely N-dealkylation sites (N-methyl/N-ethyl adjacent to an activating group) is 1. The van der Waals surface area contributed by atoms with E-state index in [1.54, 1.807) is 18.9 Å². The lowest BCUT2D eigenvalue weighted by atomic mass is 9.77. The summed E-state index contributed by atoms with van der Waals surface area (Å²) in [4.78, 5) is 40.3. The topological polar surface area (TPSA) is 82.8 Å². The molecule has 4 rings (SSSR count). The zero-order valence-electron chi connectivity index (χ0n) is 18.4. The van der Waals surface area contributed by atoms with Gasteiger partial charge in [-0.2, -0.15) is 0 Å². The molecule has 8 heteroatoms. The van der Waals surface area contributed by atoms with Gasteiger partial charge in [0.25, 0.3) is 5.56 Å². The first-order chi connectivity index (χ1) is 14.8. The quantitative estimate of drug-likeness (QED) is 0.705. The predicted octanol–water partition coefficient (Wildman–Crippen LogP) is 2.04. The van der Waals surface area contributed by atoms with Gasteiger partial charge in [0.05, 0.1) is 24.7 Å². The number of ether oxygens (including phenoxy) is 2. The number of carbonyl (C=O) groups is 1. The third kappa shape index (κ3) is 3.53. The van der Waals surface area contributed by atoms with Crippen LogP contribution in [0.5, 0.6) is 0 Å². The van der Waals surface area contributed by atoms with Crippen molar-refractivity contribution in [2.24, 2.45) is 5.92 Å². The average Bonchev–Trinajstić information content (AvgIpc) is 2.98. The van der Waals surface area contributed by atoms with E-state index in [1.807, 2.05) is 37.3 Å². The minimum atomic E-state index is -0.654. The second-order valence-electron chi connectivity index (χ2n) is 8.59. The van der Waals surface area contributed by atoms with Crippen LogP contribution in [-0.4, -0.2) is 38.6 Å². The van der Waals surface area contributed by atoms with Crippen LogP contribution in [0.25, 0.3) is 0 Å². The summed E-state index contributed by atoms with van der Waals surface area (Å²) in [5.41, 5.74) is -0.120. The van der Waals surface area contributed by atoms with E-state index < -0.39 is 23.1 Å². The highest BCUT2D eigenvalue weighted by molar-refractivity contribution is 5.79. The van der Waals surface area contributed by atoms with E-state index in [1.165, 1.54) is 10.8 Å². The molecule has 0 radical (unpaired) electrons. The largest absolute Gasteiger partial charge is 0.356 e. The van der Waals surface area contributed by atoms with E-state index in [0.717, 1.165) is 10.1 Å². The summed E-state index contributed by atoms with van der Waals surface area (Å²) in [7, 11) is 1.75. The van der Waals surface area contributed by atoms with Crippen LogP contribution >= 0.6 is 0 Å². The number of nitrogens with zero attached hydrogens (tertiary/aromatic N) is 3. The summed E-state index contributed by atoms with van der Waals surface area (Å²) in [5.74, 6) is 0.0730. The van der Waals surface area contributed by atoms with Gasteiger partial charge in [-0.25, -0.2) is 9.36 Å². The van der Waals surface area contributed by atoms with E-state index in [4.69, 9.17) is 9.47 Å². The Morgan fingerprint density at radius 3 is 2.58 bits per heavy atom. The lowest BCUT2D eigenvalue weighted by Gasteiger charge is -2.40. The summed E-state index contributed by atoms with van der Waals surface area (Å²) in [5, 5.41) is 0. The summed E-state index contributed by atoms with van der Waals surface area (Å²) in [6.45, 7) is 5.86. The first-order valence-electron chi connectivity index (χ1n) is 10.7. The average molecular weight is 428 g/mol. The van der Waals surface area contributed by atoms with Crippen molar-refractivity contribution in [3.8, 4) is 0 Å². The van der Waals surface area contributed by atoms with Crippen molar-refractivity contribution in [3.05, 3.63) is 68.5 Å². The molecular weight excluding hydrogens is 398 g/mol. The van der Waals surface area contributed by atoms with Gasteiger partial charge >= 0.3 is 5.69 Å². The number of aromatic nitrogens is 2. The number of hydrogen-bond acceptors (Lipinski definition) is 5. The lowest BCUT2D eigenvalue weighted by molar-refractivity contribution is -0.142. The molecule has 3 heterocycles. The third-order valence-corrected chi connectivity index (χ3v) is 6.85. The molecule has 1 aromatic heterocycles. The van der Waals surface area contributed by atoms with Gasteiger partial charge in [-0.05, 0) is 18.9 Å². The number of likely N-dealkylation sites (tertiary alicyclic amines) is 1. The van der Waals surface area contributed by atoms with Gasteiger partial charge in [-0.3, -0.25) is 14.2 Å². The van der Waals surface area contributed by atoms with Crippen molar-refractivity contribution >= 4 is 5.91 Å². The Hall–Kier alpha value is -2.71. The molecule has 2 saturated heterocycles. The maximum Gasteiger partial charge on any atom is 0.335 e. The Kier molecular flexibility index (Phi) is 5.61. The lowest BCUT2D eigenvalue weighted by Crippen LogP contribution is -2.54. The summed E-state index contributed by atoms with van der Waals surface area (Å²) >= 11 is 0. The summed E-state index contributed by atoms with van der Waals surface area (Å²) in [6.07, 6.45) is 1.85. The summed E-state index contributed by atoms with van der Waals surface area (Å²) < 4.78 is 14.6. The normalized spacial score (nSPS) is 27.7. The zero-order valence-corrected chi connectivity index (χ0v) is 18.4. The van der Waals surface area contributed by atoms with Crippen molar-refractivity contribution in [3.63, 3.8) is 0 Å². The second-order valence-corrected chi connectivity index (χ2v) is 8.59. The minimum absolute atomic E-state index is 0.0109. The molecular formula is C23H29N3O5. The first-order valence-corrected chi connectivity index (χ1v) is 10.7. The molecule has 1 unspecified atom stereocenters. The van der Waals surface area contributed by atoms with E-state index in [9.17, 15) is 14.4 Å². The first kappa shape index (κ1) is 21.5. The maximum absolute atomic E-state index is 13.3. The molecule has 0 aliphatic carbocycles. The molecule has 0 spiro atoms. The Morgan fingerprint density at radius 1 is 1.19 bits per heavy atom. The van der Waals surface area contributed by atoms with E-state index in [0.29, 0.717) is 18.4 Å². The van der Waals surface area contributed by atoms with E-state index in [2.05, 4.69) is 6.92 Å². The van der Waals surface area contributed by atoms with Crippen LogP contribution in [0.3, 0.4) is 0 Å². The fraction of sp³-hybridized carbons (Fsp3) is 0.522. The van der Waals surface area contributed by atoms with Crippen LogP contribution in [0.4, 0.5) is 0 Å². The molecule has 0 saturated carbocycles. The number of fused-ring (bicyclic) bond motifs is 2. The molecule has 2 aromatic rings. The molecule has 166 valence electrons. The fourth-order valence-electron chi connectivity index (χ4n) is 4.89. The van der Waals surface area contributed by atoms with Gasteiger partial charge in [0.15, 0.2) is 6.23 Å². The number of rotatable bonds is 6. The Morgan fingerprint density at radius 2 is 1.90 bits per heavy atom. The van der Waals surface area contributed by atoms with Crippen molar-refractivity contribution in [1.29, 1.82) is 0 Å². The number of benzene rings is 1. The van der Waals surface area contributed by atoms with Crippen molar-refractivity contribution < 1.29 is 14.3 Å². The van der Waals surface area contributed by atoms with Crippen molar-refractivity contribution in [2.45, 2.75) is 64.8 Å². The molecule has 2 fully saturated rings. The molecule has 8 nitrogen and oxygen atoms in total. The molecule has 4 atom stereocenters. The number of piperidine rings is 1. The van der Waals surface area contributed by atoms with Gasteiger partial charge in [0.2, 0.25) is 5.91 Å². The molecule has 1 amide bonds. The highest BCUT2D eigenvalue weighted by atomic mass is 16.5. The number of amides is 1. The van der Waals surface area contributed by atoms with E-state index >= 15 is 0 Å². The zero-order chi connectivity index (χ0) is 22.3. The summed E-state index contributed by atoms with van der Waals surface area (Å²) in [6, 6.07) is 9.28. The fourth-order valence-corrected chi connectivity index (χ4v) is 4.89. The van der Waals surface area contributed by atoms with Crippen LogP contribution in [0.2, 0.25) is 0 Å². The van der Waals surface area contributed by atoms with Crippen LogP contribution in [0.1, 0.15) is 44.0 Å². The highest BCUT2D eigenvalue weighted by Crippen LogP contribution is 2.50. The highest BCUT2D eigenvalue weighted by Gasteiger charge is 2.59. The minimum Gasteiger partial charge on any atom is -0.356 e. The number of carbonyl (C=O) groups excluding carboxylic acids is 1. The maximum atomic E-state index is 13.3. The number of aryl methyl sites for hydroxylation is 1. The van der Waals surface area contributed by atoms with Gasteiger partial charge in [0.1, 0.15) is 6.73 Å². The van der Waals surface area contributed by atoms with Crippen LogP contribution in [0.15, 0.2) is 46.1 Å². The van der Waals surface area contributed by atoms with Crippen molar-refractivity contribution in [2.75, 3.05) is 7.05 Å². The molecule has 0 N–H and O–H groups in total. The van der Waals surface area contributed by atoms with Crippen LogP contribution in [-0.2, 0) is 27.6 Å². The van der Waals surface area contributed by atoms with Gasteiger partial charge in [-0.1, -0.05) is 44.2 Å². The molecule has 2 aliphatic rings. The molecule has 2 aliphatic heterocycles. The Labute approximate surface area is 181 Å². The van der Waals surface area contributed by atoms with Gasteiger partial charge in [0, 0.05) is 24.7 Å². The van der Waals surface area contributed by atoms with Gasteiger partial charge in [-0.15, -0.1) is 0 Å². The van der Waals surface area contributed by atoms with Gasteiger partial charge < -0.3 is 14.4 Å². The van der Waals surface area contributed by atoms with E-state index in [-0.39, 0.29) is 31.2 Å². The van der Waals surface area contributed by atoms with Crippen LogP contribution < -0.4 is 11.2 Å².